The lowest BCUT2D eigenvalue weighted by atomic mass is 10.0. The first-order valence-electron chi connectivity index (χ1n) is 9.97. The molecule has 0 saturated heterocycles. The van der Waals surface area contributed by atoms with Crippen LogP contribution in [0.3, 0.4) is 0 Å². The maximum absolute atomic E-state index is 14.6. The minimum absolute atomic E-state index is 0.0129. The number of hydrogen-bond donors (Lipinski definition) is 1. The second kappa shape index (κ2) is 7.25. The van der Waals surface area contributed by atoms with Crippen molar-refractivity contribution in [1.29, 1.82) is 0 Å². The van der Waals surface area contributed by atoms with E-state index in [1.165, 1.54) is 25.2 Å². The lowest BCUT2D eigenvalue weighted by molar-refractivity contribution is 0.146. The summed E-state index contributed by atoms with van der Waals surface area (Å²) < 4.78 is 43.5. The van der Waals surface area contributed by atoms with E-state index in [-0.39, 0.29) is 33.8 Å². The highest BCUT2D eigenvalue weighted by molar-refractivity contribution is 5.90. The molecule has 3 aromatic rings. The van der Waals surface area contributed by atoms with Crippen LogP contribution in [-0.2, 0) is 7.05 Å². The topological polar surface area (TPSA) is 68.9 Å². The Morgan fingerprint density at radius 2 is 1.84 bits per heavy atom. The van der Waals surface area contributed by atoms with Crippen molar-refractivity contribution in [1.82, 2.24) is 14.3 Å². The van der Waals surface area contributed by atoms with Crippen LogP contribution in [-0.4, -0.2) is 14.3 Å². The minimum atomic E-state index is -2.93. The summed E-state index contributed by atoms with van der Waals surface area (Å²) in [5, 5.41) is 7.89. The van der Waals surface area contributed by atoms with Crippen LogP contribution in [0.1, 0.15) is 56.8 Å². The molecule has 1 unspecified atom stereocenters. The molecule has 9 heteroatoms. The van der Waals surface area contributed by atoms with Gasteiger partial charge in [-0.15, -0.1) is 0 Å². The number of anilines is 1. The summed E-state index contributed by atoms with van der Waals surface area (Å²) in [4.78, 5) is 25.2. The molecule has 4 rings (SSSR count). The van der Waals surface area contributed by atoms with Gasteiger partial charge in [0.25, 0.3) is 17.5 Å². The van der Waals surface area contributed by atoms with Crippen LogP contribution in [0.4, 0.5) is 19.0 Å². The lowest BCUT2D eigenvalue weighted by Crippen LogP contribution is -2.26. The standard InChI is InChI=1S/C22H23F3N4O2/c1-11(12-6-5-7-13(18(12)23)19(24)25)26-20-15-10-29(16-9-22(16,2)3)17(30)8-14(15)21(31)28(4)27-20/h5-8,10-11,16,19H,9H2,1-4H3,(H,26,27)/t11?,16-/m0/s1. The van der Waals surface area contributed by atoms with E-state index in [1.807, 2.05) is 0 Å². The Morgan fingerprint density at radius 3 is 2.45 bits per heavy atom. The van der Waals surface area contributed by atoms with Gasteiger partial charge in [0.2, 0.25) is 0 Å². The van der Waals surface area contributed by atoms with E-state index >= 15 is 0 Å². The summed E-state index contributed by atoms with van der Waals surface area (Å²) in [6.45, 7) is 5.72. The van der Waals surface area contributed by atoms with Gasteiger partial charge in [0.15, 0.2) is 5.82 Å². The van der Waals surface area contributed by atoms with E-state index in [9.17, 15) is 22.8 Å². The highest BCUT2D eigenvalue weighted by atomic mass is 19.3. The molecule has 2 heterocycles. The van der Waals surface area contributed by atoms with Gasteiger partial charge >= 0.3 is 0 Å². The maximum Gasteiger partial charge on any atom is 0.274 e. The molecule has 1 aliphatic rings. The Hall–Kier alpha value is -3.10. The third-order valence-corrected chi connectivity index (χ3v) is 6.02. The Balaban J connectivity index is 1.82. The van der Waals surface area contributed by atoms with Crippen LogP contribution >= 0.6 is 0 Å². The van der Waals surface area contributed by atoms with Gasteiger partial charge in [-0.25, -0.2) is 17.9 Å². The fourth-order valence-electron chi connectivity index (χ4n) is 3.96. The van der Waals surface area contributed by atoms with Crippen LogP contribution in [0.5, 0.6) is 0 Å². The molecule has 1 N–H and O–H groups in total. The normalized spacial score (nSPS) is 18.4. The van der Waals surface area contributed by atoms with E-state index in [0.717, 1.165) is 17.2 Å². The number of nitrogens with zero attached hydrogens (tertiary/aromatic N) is 3. The zero-order chi connectivity index (χ0) is 22.7. The molecule has 2 aromatic heterocycles. The molecule has 1 saturated carbocycles. The minimum Gasteiger partial charge on any atom is -0.361 e. The Morgan fingerprint density at radius 1 is 1.19 bits per heavy atom. The molecule has 1 aromatic carbocycles. The average Bonchev–Trinajstić information content (AvgIpc) is 3.33. The summed E-state index contributed by atoms with van der Waals surface area (Å²) in [5.41, 5.74) is -1.35. The summed E-state index contributed by atoms with van der Waals surface area (Å²) in [6, 6.07) is 4.43. The monoisotopic (exact) mass is 432 g/mol. The van der Waals surface area contributed by atoms with Gasteiger partial charge in [-0.2, -0.15) is 5.10 Å². The van der Waals surface area contributed by atoms with E-state index in [2.05, 4.69) is 24.3 Å². The van der Waals surface area contributed by atoms with E-state index in [0.29, 0.717) is 5.39 Å². The largest absolute Gasteiger partial charge is 0.361 e. The molecular weight excluding hydrogens is 409 g/mol. The van der Waals surface area contributed by atoms with Gasteiger partial charge in [-0.1, -0.05) is 32.0 Å². The van der Waals surface area contributed by atoms with E-state index in [1.54, 1.807) is 17.7 Å². The van der Waals surface area contributed by atoms with Gasteiger partial charge in [0, 0.05) is 36.3 Å². The number of pyridine rings is 1. The first-order valence-corrected chi connectivity index (χ1v) is 9.97. The maximum atomic E-state index is 14.6. The lowest BCUT2D eigenvalue weighted by Gasteiger charge is -2.19. The van der Waals surface area contributed by atoms with Crippen molar-refractivity contribution < 1.29 is 13.2 Å². The molecule has 0 amide bonds. The van der Waals surface area contributed by atoms with E-state index < -0.39 is 29.4 Å². The predicted molar refractivity (Wildman–Crippen MR) is 112 cm³/mol. The first kappa shape index (κ1) is 21.1. The molecule has 0 radical (unpaired) electrons. The van der Waals surface area contributed by atoms with Crippen molar-refractivity contribution in [2.75, 3.05) is 5.32 Å². The second-order valence-electron chi connectivity index (χ2n) is 8.75. The summed E-state index contributed by atoms with van der Waals surface area (Å²) >= 11 is 0. The number of alkyl halides is 2. The van der Waals surface area contributed by atoms with Gasteiger partial charge in [0.1, 0.15) is 5.82 Å². The number of fused-ring (bicyclic) bond motifs is 1. The van der Waals surface area contributed by atoms with Gasteiger partial charge < -0.3 is 9.88 Å². The van der Waals surface area contributed by atoms with Crippen LogP contribution in [0, 0.1) is 11.2 Å². The average molecular weight is 432 g/mol. The molecule has 6 nitrogen and oxygen atoms in total. The summed E-state index contributed by atoms with van der Waals surface area (Å²) in [5.74, 6) is -0.720. The zero-order valence-corrected chi connectivity index (χ0v) is 17.6. The first-order chi connectivity index (χ1) is 14.5. The van der Waals surface area contributed by atoms with Crippen LogP contribution < -0.4 is 16.4 Å². The highest BCUT2D eigenvalue weighted by Crippen LogP contribution is 2.54. The van der Waals surface area contributed by atoms with E-state index in [4.69, 9.17) is 0 Å². The van der Waals surface area contributed by atoms with Crippen molar-refractivity contribution in [3.05, 3.63) is 68.1 Å². The number of halogens is 3. The molecule has 164 valence electrons. The number of hydrogen-bond acceptors (Lipinski definition) is 4. The zero-order valence-electron chi connectivity index (χ0n) is 17.6. The molecule has 1 aliphatic carbocycles. The smallest absolute Gasteiger partial charge is 0.274 e. The number of rotatable bonds is 5. The van der Waals surface area contributed by atoms with Crippen LogP contribution in [0.25, 0.3) is 10.8 Å². The van der Waals surface area contributed by atoms with Crippen molar-refractivity contribution in [3.63, 3.8) is 0 Å². The predicted octanol–water partition coefficient (Wildman–Crippen LogP) is 4.32. The quantitative estimate of drug-likeness (QED) is 0.652. The number of aryl methyl sites for hydroxylation is 1. The SMILES string of the molecule is CC(Nc1nn(C)c(=O)c2cc(=O)n([C@H]3CC3(C)C)cc12)c1cccc(C(F)F)c1F. The summed E-state index contributed by atoms with van der Waals surface area (Å²) in [7, 11) is 1.45. The highest BCUT2D eigenvalue weighted by Gasteiger charge is 2.47. The van der Waals surface area contributed by atoms with Crippen LogP contribution in [0.15, 0.2) is 40.1 Å². The molecule has 0 bridgehead atoms. The van der Waals surface area contributed by atoms with Crippen molar-refractivity contribution in [3.8, 4) is 0 Å². The third-order valence-electron chi connectivity index (χ3n) is 6.02. The molecule has 31 heavy (non-hydrogen) atoms. The number of benzene rings is 1. The molecule has 1 fully saturated rings. The summed E-state index contributed by atoms with van der Waals surface area (Å²) in [6.07, 6.45) is -0.492. The van der Waals surface area contributed by atoms with Crippen molar-refractivity contribution >= 4 is 16.6 Å². The molecule has 2 atom stereocenters. The van der Waals surface area contributed by atoms with Crippen molar-refractivity contribution in [2.24, 2.45) is 12.5 Å². The fraction of sp³-hybridized carbons (Fsp3) is 0.409. The molecular formula is C22H23F3N4O2. The molecule has 0 aliphatic heterocycles. The van der Waals surface area contributed by atoms with Gasteiger partial charge in [-0.3, -0.25) is 9.59 Å². The van der Waals surface area contributed by atoms with Crippen LogP contribution in [0.2, 0.25) is 0 Å². The fourth-order valence-corrected chi connectivity index (χ4v) is 3.96. The molecule has 0 spiro atoms. The number of aromatic nitrogens is 3. The Kier molecular flexibility index (Phi) is 4.94. The van der Waals surface area contributed by atoms with Gasteiger partial charge in [0.05, 0.1) is 17.0 Å². The van der Waals surface area contributed by atoms with Crippen molar-refractivity contribution in [2.45, 2.75) is 45.7 Å². The Bertz CT molecular complexity index is 1300. The second-order valence-corrected chi connectivity index (χ2v) is 8.75. The third kappa shape index (κ3) is 3.62. The van der Waals surface area contributed by atoms with Gasteiger partial charge in [-0.05, 0) is 18.8 Å². The Labute approximate surface area is 176 Å². The number of nitrogens with one attached hydrogen (secondary N) is 1.